The molecule has 0 spiro atoms. The third-order valence-electron chi connectivity index (χ3n) is 9.34. The second-order valence-corrected chi connectivity index (χ2v) is 13.1. The number of phenols is 1. The van der Waals surface area contributed by atoms with Crippen molar-refractivity contribution >= 4 is 34.5 Å². The molecule has 1 aliphatic rings. The predicted molar refractivity (Wildman–Crippen MR) is 192 cm³/mol. The Morgan fingerprint density at radius 1 is 0.765 bits per heavy atom. The molecule has 0 radical (unpaired) electrons. The van der Waals surface area contributed by atoms with Crippen LogP contribution in [-0.2, 0) is 38.8 Å². The highest BCUT2D eigenvalue weighted by Crippen LogP contribution is 2.25. The molecule has 0 bridgehead atoms. The van der Waals surface area contributed by atoms with Crippen LogP contribution in [0, 0.1) is 0 Å². The number of para-hydroxylation sites is 1. The number of nitrogens with two attached hydrogens (primary N) is 2. The maximum absolute atomic E-state index is 14.3. The van der Waals surface area contributed by atoms with Crippen molar-refractivity contribution in [3.8, 4) is 5.75 Å². The van der Waals surface area contributed by atoms with Gasteiger partial charge in [-0.05, 0) is 47.7 Å². The van der Waals surface area contributed by atoms with Gasteiger partial charge in [0.1, 0.15) is 25.1 Å². The van der Waals surface area contributed by atoms with Crippen LogP contribution in [-0.4, -0.2) is 103 Å². The summed E-state index contributed by atoms with van der Waals surface area (Å²) in [6, 6.07) is 23.2. The van der Waals surface area contributed by atoms with E-state index in [1.807, 2.05) is 54.6 Å². The molecular weight excluding hydrogens is 650 g/mol. The van der Waals surface area contributed by atoms with Gasteiger partial charge in [-0.15, -0.1) is 0 Å². The lowest BCUT2D eigenvalue weighted by Crippen LogP contribution is -2.52. The van der Waals surface area contributed by atoms with Crippen molar-refractivity contribution in [3.05, 3.63) is 102 Å². The monoisotopic (exact) mass is 697 g/mol. The van der Waals surface area contributed by atoms with E-state index in [2.05, 4.69) is 4.98 Å². The zero-order valence-electron chi connectivity index (χ0n) is 28.7. The zero-order valence-corrected chi connectivity index (χ0v) is 28.7. The average molecular weight is 698 g/mol. The number of aromatic nitrogens is 1. The molecule has 1 saturated carbocycles. The number of nitrogens with one attached hydrogen (secondary N) is 1. The predicted octanol–water partition coefficient (Wildman–Crippen LogP) is 2.27. The molecule has 4 amide bonds. The highest BCUT2D eigenvalue weighted by atomic mass is 16.3. The molecule has 0 aliphatic heterocycles. The van der Waals surface area contributed by atoms with Gasteiger partial charge in [0.25, 0.3) is 0 Å². The van der Waals surface area contributed by atoms with Crippen LogP contribution in [0.3, 0.4) is 0 Å². The van der Waals surface area contributed by atoms with E-state index in [-0.39, 0.29) is 70.1 Å². The first-order valence-corrected chi connectivity index (χ1v) is 17.2. The number of amides is 4. The van der Waals surface area contributed by atoms with Gasteiger partial charge in [0.15, 0.2) is 0 Å². The minimum atomic E-state index is -1.29. The van der Waals surface area contributed by atoms with Gasteiger partial charge in [0.05, 0.1) is 19.6 Å². The van der Waals surface area contributed by atoms with E-state index >= 15 is 0 Å². The van der Waals surface area contributed by atoms with Crippen LogP contribution in [0.25, 0.3) is 10.9 Å². The number of phenolic OH excluding ortho intramolecular Hbond substituents is 1. The molecule has 3 aromatic carbocycles. The molecule has 13 nitrogen and oxygen atoms in total. The molecule has 1 atom stereocenters. The van der Waals surface area contributed by atoms with Crippen LogP contribution < -0.4 is 11.5 Å². The number of aliphatic hydroxyl groups is 1. The molecule has 7 N–H and O–H groups in total. The molecule has 0 saturated heterocycles. The number of aliphatic hydroxyl groups excluding tert-OH is 1. The summed E-state index contributed by atoms with van der Waals surface area (Å²) in [5.74, 6) is -1.78. The maximum Gasteiger partial charge on any atom is 0.242 e. The molecular formula is C38H47N7O6. The van der Waals surface area contributed by atoms with Gasteiger partial charge in [-0.1, -0.05) is 73.5 Å². The Hall–Kier alpha value is -5.24. The average Bonchev–Trinajstić information content (AvgIpc) is 3.81. The fourth-order valence-corrected chi connectivity index (χ4v) is 6.64. The molecule has 1 heterocycles. The highest BCUT2D eigenvalue weighted by molar-refractivity contribution is 5.90. The fourth-order valence-electron chi connectivity index (χ4n) is 6.64. The standard InChI is InChI=1S/C38H47N7O6/c39-18-35(48)45(30-10-4-5-11-30)26-38(51)44(22-29-19-41-33-13-7-6-12-32(29)33)25-37(50)43(21-28-14-16-31(46)17-15-28)24-36(49)42(23-34(40)47)20-27-8-2-1-3-9-27/h1-3,6-9,12-17,19,30,36,41,46,49H,4-5,10-11,18,20-26,39H2,(H2,40,47). The number of nitrogens with zero attached hydrogens (tertiary/aromatic N) is 4. The Bertz CT molecular complexity index is 1770. The number of benzene rings is 3. The molecule has 13 heteroatoms. The Morgan fingerprint density at radius 3 is 2.10 bits per heavy atom. The Morgan fingerprint density at radius 2 is 1.41 bits per heavy atom. The summed E-state index contributed by atoms with van der Waals surface area (Å²) in [5.41, 5.74) is 14.5. The number of carbonyl (C=O) groups is 4. The summed E-state index contributed by atoms with van der Waals surface area (Å²) < 4.78 is 0. The number of aromatic hydroxyl groups is 1. The van der Waals surface area contributed by atoms with Gasteiger partial charge in [-0.25, -0.2) is 0 Å². The van der Waals surface area contributed by atoms with E-state index in [4.69, 9.17) is 11.5 Å². The van der Waals surface area contributed by atoms with Crippen LogP contribution in [0.4, 0.5) is 0 Å². The minimum Gasteiger partial charge on any atom is -0.508 e. The van der Waals surface area contributed by atoms with Crippen molar-refractivity contribution in [1.29, 1.82) is 0 Å². The summed E-state index contributed by atoms with van der Waals surface area (Å²) in [4.78, 5) is 62.6. The van der Waals surface area contributed by atoms with Crippen molar-refractivity contribution in [2.45, 2.75) is 57.6 Å². The largest absolute Gasteiger partial charge is 0.508 e. The Labute approximate surface area is 297 Å². The minimum absolute atomic E-state index is 0.0426. The zero-order chi connectivity index (χ0) is 36.3. The first kappa shape index (κ1) is 37.0. The van der Waals surface area contributed by atoms with E-state index in [0.29, 0.717) is 5.56 Å². The van der Waals surface area contributed by atoms with Crippen molar-refractivity contribution in [2.24, 2.45) is 11.5 Å². The number of fused-ring (bicyclic) bond motifs is 1. The van der Waals surface area contributed by atoms with Crippen molar-refractivity contribution in [1.82, 2.24) is 24.6 Å². The Balaban J connectivity index is 1.43. The third-order valence-corrected chi connectivity index (χ3v) is 9.34. The first-order valence-electron chi connectivity index (χ1n) is 17.2. The Kier molecular flexibility index (Phi) is 12.8. The molecule has 51 heavy (non-hydrogen) atoms. The second-order valence-electron chi connectivity index (χ2n) is 13.1. The molecule has 1 aliphatic carbocycles. The number of hydrogen-bond donors (Lipinski definition) is 5. The van der Waals surface area contributed by atoms with Gasteiger partial charge < -0.3 is 41.4 Å². The normalized spacial score (nSPS) is 13.7. The maximum atomic E-state index is 14.3. The van der Waals surface area contributed by atoms with Gasteiger partial charge >= 0.3 is 0 Å². The van der Waals surface area contributed by atoms with E-state index in [0.717, 1.165) is 47.7 Å². The van der Waals surface area contributed by atoms with Gasteiger partial charge in [-0.2, -0.15) is 0 Å². The quantitative estimate of drug-likeness (QED) is 0.104. The number of primary amides is 1. The van der Waals surface area contributed by atoms with Crippen molar-refractivity contribution in [2.75, 3.05) is 32.7 Å². The molecule has 1 fully saturated rings. The first-order chi connectivity index (χ1) is 24.6. The summed E-state index contributed by atoms with van der Waals surface area (Å²) in [5, 5.41) is 22.3. The van der Waals surface area contributed by atoms with E-state index in [1.54, 1.807) is 23.2 Å². The van der Waals surface area contributed by atoms with Crippen LogP contribution in [0.2, 0.25) is 0 Å². The smallest absolute Gasteiger partial charge is 0.242 e. The van der Waals surface area contributed by atoms with Gasteiger partial charge in [-0.3, -0.25) is 24.1 Å². The molecule has 1 aromatic heterocycles. The number of rotatable bonds is 17. The summed E-state index contributed by atoms with van der Waals surface area (Å²) >= 11 is 0. The summed E-state index contributed by atoms with van der Waals surface area (Å²) in [7, 11) is 0. The number of aromatic amines is 1. The molecule has 4 aromatic rings. The number of carbonyl (C=O) groups excluding carboxylic acids is 4. The molecule has 270 valence electrons. The fraction of sp³-hybridized carbons (Fsp3) is 0.368. The number of hydrogen-bond acceptors (Lipinski definition) is 8. The van der Waals surface area contributed by atoms with Gasteiger partial charge in [0, 0.05) is 42.8 Å². The highest BCUT2D eigenvalue weighted by Gasteiger charge is 2.32. The molecule has 1 unspecified atom stereocenters. The van der Waals surface area contributed by atoms with Crippen molar-refractivity contribution in [3.63, 3.8) is 0 Å². The van der Waals surface area contributed by atoms with Crippen LogP contribution in [0.1, 0.15) is 42.4 Å². The SMILES string of the molecule is NCC(=O)N(CC(=O)N(CC(=O)N(Cc1ccc(O)cc1)CC(O)N(CC(N)=O)Cc1ccccc1)Cc1c[nH]c2ccccc12)C1CCCC1. The summed E-state index contributed by atoms with van der Waals surface area (Å²) in [6.45, 7) is -0.948. The van der Waals surface area contributed by atoms with Crippen molar-refractivity contribution < 1.29 is 29.4 Å². The number of H-pyrrole nitrogens is 1. The third kappa shape index (κ3) is 10.2. The summed E-state index contributed by atoms with van der Waals surface area (Å²) in [6.07, 6.45) is 3.98. The van der Waals surface area contributed by atoms with E-state index < -0.39 is 23.9 Å². The van der Waals surface area contributed by atoms with E-state index in [9.17, 15) is 29.4 Å². The van der Waals surface area contributed by atoms with Crippen LogP contribution >= 0.6 is 0 Å². The molecule has 5 rings (SSSR count). The van der Waals surface area contributed by atoms with Crippen LogP contribution in [0.15, 0.2) is 85.1 Å². The van der Waals surface area contributed by atoms with Gasteiger partial charge in [0.2, 0.25) is 23.6 Å². The van der Waals surface area contributed by atoms with E-state index in [1.165, 1.54) is 26.8 Å². The topological polar surface area (TPSA) is 190 Å². The van der Waals surface area contributed by atoms with Crippen LogP contribution in [0.5, 0.6) is 5.75 Å². The lowest BCUT2D eigenvalue weighted by molar-refractivity contribution is -0.147. The lowest BCUT2D eigenvalue weighted by Gasteiger charge is -2.34. The second kappa shape index (κ2) is 17.6. The lowest BCUT2D eigenvalue weighted by atomic mass is 10.1.